The van der Waals surface area contributed by atoms with Crippen LogP contribution in [0.15, 0.2) is 24.3 Å². The lowest BCUT2D eigenvalue weighted by atomic mass is 9.80. The summed E-state index contributed by atoms with van der Waals surface area (Å²) in [6.07, 6.45) is 4.27. The Kier molecular flexibility index (Phi) is 4.63. The number of hydrogen-bond acceptors (Lipinski definition) is 5. The van der Waals surface area contributed by atoms with Crippen LogP contribution in [-0.2, 0) is 6.61 Å². The Balaban J connectivity index is 1.51. The Labute approximate surface area is 152 Å². The molecule has 26 heavy (non-hydrogen) atoms. The summed E-state index contributed by atoms with van der Waals surface area (Å²) in [4.78, 5) is 12.2. The van der Waals surface area contributed by atoms with E-state index in [4.69, 9.17) is 10.5 Å². The molecule has 2 saturated carbocycles. The molecule has 0 spiro atoms. The van der Waals surface area contributed by atoms with Gasteiger partial charge in [-0.2, -0.15) is 0 Å². The maximum Gasteiger partial charge on any atom is 0.255 e. The van der Waals surface area contributed by atoms with E-state index in [0.717, 1.165) is 37.3 Å². The molecule has 2 fully saturated rings. The Morgan fingerprint density at radius 3 is 2.77 bits per heavy atom. The molecule has 1 amide bonds. The van der Waals surface area contributed by atoms with Crippen LogP contribution in [-0.4, -0.2) is 33.3 Å². The fraction of sp³-hybridized carbons (Fsp3) is 0.526. The summed E-state index contributed by atoms with van der Waals surface area (Å²) in [7, 11) is 0. The molecule has 0 atom stereocenters. The van der Waals surface area contributed by atoms with Crippen LogP contribution in [0.2, 0.25) is 0 Å². The second kappa shape index (κ2) is 7.07. The molecule has 7 heteroatoms. The Bertz CT molecular complexity index is 793. The van der Waals surface area contributed by atoms with Gasteiger partial charge in [0.25, 0.3) is 5.91 Å². The molecule has 138 valence electrons. The summed E-state index contributed by atoms with van der Waals surface area (Å²) in [5.41, 5.74) is 6.48. The number of hydrogen-bond donors (Lipinski definition) is 2. The number of benzene rings is 1. The van der Waals surface area contributed by atoms with Crippen molar-refractivity contribution in [3.8, 4) is 5.75 Å². The van der Waals surface area contributed by atoms with Crippen LogP contribution in [0.1, 0.15) is 66.6 Å². The van der Waals surface area contributed by atoms with Crippen LogP contribution in [0.5, 0.6) is 5.75 Å². The molecule has 0 aliphatic heterocycles. The molecule has 2 aromatic rings. The minimum Gasteiger partial charge on any atom is -0.485 e. The van der Waals surface area contributed by atoms with E-state index in [-0.39, 0.29) is 11.9 Å². The van der Waals surface area contributed by atoms with Crippen molar-refractivity contribution in [2.24, 2.45) is 5.73 Å². The second-order valence-electron chi connectivity index (χ2n) is 7.15. The van der Waals surface area contributed by atoms with E-state index in [2.05, 4.69) is 20.1 Å². The molecule has 0 unspecified atom stereocenters. The second-order valence-corrected chi connectivity index (χ2v) is 7.15. The molecule has 2 aliphatic rings. The molecule has 1 aromatic heterocycles. The van der Waals surface area contributed by atoms with Crippen LogP contribution in [0, 0.1) is 0 Å². The van der Waals surface area contributed by atoms with Gasteiger partial charge in [0.1, 0.15) is 18.2 Å². The smallest absolute Gasteiger partial charge is 0.255 e. The lowest BCUT2D eigenvalue weighted by molar-refractivity contribution is 0.0951. The van der Waals surface area contributed by atoms with Crippen molar-refractivity contribution >= 4 is 5.91 Å². The average molecular weight is 355 g/mol. The van der Waals surface area contributed by atoms with Gasteiger partial charge in [0.2, 0.25) is 0 Å². The molecule has 7 nitrogen and oxygen atoms in total. The summed E-state index contributed by atoms with van der Waals surface area (Å²) < 4.78 is 8.21. The van der Waals surface area contributed by atoms with Gasteiger partial charge >= 0.3 is 0 Å². The summed E-state index contributed by atoms with van der Waals surface area (Å²) in [5, 5.41) is 11.6. The average Bonchev–Trinajstić information content (AvgIpc) is 3.37. The van der Waals surface area contributed by atoms with Gasteiger partial charge < -0.3 is 20.4 Å². The van der Waals surface area contributed by atoms with E-state index >= 15 is 0 Å². The number of ether oxygens (including phenoxy) is 1. The third-order valence-corrected chi connectivity index (χ3v) is 5.07. The molecular weight excluding hydrogens is 330 g/mol. The van der Waals surface area contributed by atoms with Crippen molar-refractivity contribution in [3.05, 3.63) is 41.5 Å². The summed E-state index contributed by atoms with van der Waals surface area (Å²) in [6.45, 7) is 2.78. The Morgan fingerprint density at radius 2 is 2.08 bits per heavy atom. The monoisotopic (exact) mass is 355 g/mol. The van der Waals surface area contributed by atoms with Gasteiger partial charge in [-0.15, -0.1) is 10.2 Å². The zero-order chi connectivity index (χ0) is 18.1. The molecule has 2 aliphatic carbocycles. The lowest BCUT2D eigenvalue weighted by Crippen LogP contribution is -2.36. The van der Waals surface area contributed by atoms with Crippen molar-refractivity contribution in [3.63, 3.8) is 0 Å². The van der Waals surface area contributed by atoms with Crippen LogP contribution in [0.3, 0.4) is 0 Å². The largest absolute Gasteiger partial charge is 0.485 e. The number of amides is 1. The molecule has 3 N–H and O–H groups in total. The first-order chi connectivity index (χ1) is 12.7. The number of rotatable bonds is 7. The first-order valence-electron chi connectivity index (χ1n) is 9.36. The molecule has 0 saturated heterocycles. The van der Waals surface area contributed by atoms with Gasteiger partial charge in [-0.3, -0.25) is 4.79 Å². The summed E-state index contributed by atoms with van der Waals surface area (Å²) in [6, 6.07) is 8.05. The van der Waals surface area contributed by atoms with Crippen molar-refractivity contribution in [2.45, 2.75) is 57.2 Å². The zero-order valence-corrected chi connectivity index (χ0v) is 15.0. The summed E-state index contributed by atoms with van der Waals surface area (Å²) >= 11 is 0. The van der Waals surface area contributed by atoms with Crippen LogP contribution in [0.25, 0.3) is 0 Å². The van der Waals surface area contributed by atoms with E-state index < -0.39 is 0 Å². The predicted octanol–water partition coefficient (Wildman–Crippen LogP) is 2.15. The first kappa shape index (κ1) is 17.0. The Hall–Kier alpha value is -2.41. The van der Waals surface area contributed by atoms with Crippen LogP contribution < -0.4 is 15.8 Å². The fourth-order valence-corrected chi connectivity index (χ4v) is 3.50. The highest BCUT2D eigenvalue weighted by Crippen LogP contribution is 2.42. The first-order valence-corrected chi connectivity index (χ1v) is 9.36. The number of nitrogens with zero attached hydrogens (tertiary/aromatic N) is 3. The lowest BCUT2D eigenvalue weighted by Gasteiger charge is -2.31. The molecule has 0 radical (unpaired) electrons. The number of aromatic nitrogens is 3. The maximum atomic E-state index is 12.2. The van der Waals surface area contributed by atoms with Crippen LogP contribution >= 0.6 is 0 Å². The minimum atomic E-state index is -0.129. The highest BCUT2D eigenvalue weighted by Gasteiger charge is 2.37. The van der Waals surface area contributed by atoms with E-state index in [1.54, 1.807) is 6.07 Å². The summed E-state index contributed by atoms with van der Waals surface area (Å²) in [5.74, 6) is 2.72. The number of nitrogens with one attached hydrogen (secondary N) is 1. The topological polar surface area (TPSA) is 95.1 Å². The SMILES string of the molecule is CCNC(=O)c1ccccc1OCc1nnc(C2CC(N)C2)n1C1CC1. The van der Waals surface area contributed by atoms with E-state index in [9.17, 15) is 4.79 Å². The minimum absolute atomic E-state index is 0.129. The number of nitrogens with two attached hydrogens (primary N) is 1. The van der Waals surface area contributed by atoms with Gasteiger partial charge in [0.05, 0.1) is 5.56 Å². The normalized spacial score (nSPS) is 21.9. The third kappa shape index (κ3) is 3.31. The van der Waals surface area contributed by atoms with E-state index in [0.29, 0.717) is 36.4 Å². The Morgan fingerprint density at radius 1 is 1.31 bits per heavy atom. The van der Waals surface area contributed by atoms with E-state index in [1.165, 1.54) is 0 Å². The molecule has 1 heterocycles. The van der Waals surface area contributed by atoms with Gasteiger partial charge in [-0.05, 0) is 44.7 Å². The number of para-hydroxylation sites is 1. The quantitative estimate of drug-likeness (QED) is 0.793. The number of carbonyl (C=O) groups excluding carboxylic acids is 1. The van der Waals surface area contributed by atoms with Crippen molar-refractivity contribution in [1.29, 1.82) is 0 Å². The van der Waals surface area contributed by atoms with E-state index in [1.807, 2.05) is 25.1 Å². The third-order valence-electron chi connectivity index (χ3n) is 5.07. The molecule has 4 rings (SSSR count). The highest BCUT2D eigenvalue weighted by atomic mass is 16.5. The number of carbonyl (C=O) groups is 1. The molecule has 0 bridgehead atoms. The van der Waals surface area contributed by atoms with Crippen molar-refractivity contribution in [2.75, 3.05) is 6.54 Å². The van der Waals surface area contributed by atoms with Gasteiger partial charge in [-0.1, -0.05) is 12.1 Å². The standard InChI is InChI=1S/C19H25N5O2/c1-2-21-19(25)15-5-3-4-6-16(15)26-11-17-22-23-18(12-9-13(20)10-12)24(17)14-7-8-14/h3-6,12-14H,2,7-11,20H2,1H3,(H,21,25). The van der Waals surface area contributed by atoms with Gasteiger partial charge in [-0.25, -0.2) is 0 Å². The van der Waals surface area contributed by atoms with Crippen molar-refractivity contribution < 1.29 is 9.53 Å². The molecular formula is C19H25N5O2. The molecule has 1 aromatic carbocycles. The maximum absolute atomic E-state index is 12.2. The predicted molar refractivity (Wildman–Crippen MR) is 97.0 cm³/mol. The fourth-order valence-electron chi connectivity index (χ4n) is 3.50. The zero-order valence-electron chi connectivity index (χ0n) is 15.0. The van der Waals surface area contributed by atoms with Crippen LogP contribution in [0.4, 0.5) is 0 Å². The van der Waals surface area contributed by atoms with Gasteiger partial charge in [0.15, 0.2) is 5.82 Å². The van der Waals surface area contributed by atoms with Crippen molar-refractivity contribution in [1.82, 2.24) is 20.1 Å². The van der Waals surface area contributed by atoms with Gasteiger partial charge in [0, 0.05) is 24.5 Å². The highest BCUT2D eigenvalue weighted by molar-refractivity contribution is 5.96.